The van der Waals surface area contributed by atoms with E-state index in [1.54, 1.807) is 28.8 Å². The summed E-state index contributed by atoms with van der Waals surface area (Å²) in [6.45, 7) is 0.809. The Morgan fingerprint density at radius 2 is 1.73 bits per heavy atom. The molecule has 1 saturated carbocycles. The smallest absolute Gasteiger partial charge is 0.328 e. The van der Waals surface area contributed by atoms with Crippen molar-refractivity contribution in [1.29, 1.82) is 5.26 Å². The molecule has 148 valence electrons. The quantitative estimate of drug-likeness (QED) is 0.473. The molecule has 0 spiro atoms. The summed E-state index contributed by atoms with van der Waals surface area (Å²) in [4.78, 5) is 12.7. The molecule has 0 amide bonds. The van der Waals surface area contributed by atoms with E-state index in [9.17, 15) is 4.79 Å². The molecule has 4 aromatic rings. The van der Waals surface area contributed by atoms with Crippen LogP contribution in [0.1, 0.15) is 18.4 Å². The summed E-state index contributed by atoms with van der Waals surface area (Å²) in [6.07, 6.45) is 2.43. The Balaban J connectivity index is 1.47. The third-order valence-electron chi connectivity index (χ3n) is 5.67. The number of nitriles is 1. The van der Waals surface area contributed by atoms with E-state index in [0.717, 1.165) is 34.5 Å². The highest BCUT2D eigenvalue weighted by Gasteiger charge is 2.24. The number of ether oxygens (including phenoxy) is 1. The summed E-state index contributed by atoms with van der Waals surface area (Å²) in [5.41, 5.74) is 4.63. The van der Waals surface area contributed by atoms with Gasteiger partial charge in [-0.25, -0.2) is 4.79 Å². The molecule has 5 rings (SSSR count). The Morgan fingerprint density at radius 3 is 2.47 bits per heavy atom. The zero-order valence-corrected chi connectivity index (χ0v) is 16.7. The summed E-state index contributed by atoms with van der Waals surface area (Å²) in [5, 5.41) is 8.93. The summed E-state index contributed by atoms with van der Waals surface area (Å²) >= 11 is 0. The standard InChI is InChI=1S/C25H21N3O2/c1-27-24-14-20(9-12-23(24)28(25(27)29)16-18-5-6-18)19-3-2-4-22(13-19)30-21-10-7-17(15-26)8-11-21/h2-4,7-14,18H,5-6,16H2,1H3. The predicted octanol–water partition coefficient (Wildman–Crippen LogP) is 5.08. The maximum absolute atomic E-state index is 12.7. The van der Waals surface area contributed by atoms with E-state index in [-0.39, 0.29) is 5.69 Å². The van der Waals surface area contributed by atoms with E-state index in [1.807, 2.05) is 41.9 Å². The van der Waals surface area contributed by atoms with Crippen LogP contribution in [0.2, 0.25) is 0 Å². The van der Waals surface area contributed by atoms with Crippen LogP contribution < -0.4 is 10.4 Å². The van der Waals surface area contributed by atoms with Crippen LogP contribution >= 0.6 is 0 Å². The average Bonchev–Trinajstić information content (AvgIpc) is 3.57. The minimum absolute atomic E-state index is 0.0481. The fourth-order valence-electron chi connectivity index (χ4n) is 3.79. The molecule has 3 aromatic carbocycles. The van der Waals surface area contributed by atoms with Crippen LogP contribution in [0.15, 0.2) is 71.5 Å². The lowest BCUT2D eigenvalue weighted by molar-refractivity contribution is 0.483. The van der Waals surface area contributed by atoms with Crippen LogP contribution in [-0.4, -0.2) is 9.13 Å². The van der Waals surface area contributed by atoms with Crippen LogP contribution in [0.5, 0.6) is 11.5 Å². The van der Waals surface area contributed by atoms with Crippen LogP contribution in [0, 0.1) is 17.2 Å². The molecule has 0 aliphatic heterocycles. The zero-order chi connectivity index (χ0) is 20.7. The van der Waals surface area contributed by atoms with Crippen molar-refractivity contribution >= 4 is 11.0 Å². The monoisotopic (exact) mass is 395 g/mol. The lowest BCUT2D eigenvalue weighted by atomic mass is 10.0. The molecule has 5 heteroatoms. The normalized spacial score (nSPS) is 13.3. The second-order valence-electron chi connectivity index (χ2n) is 7.87. The van der Waals surface area contributed by atoms with Gasteiger partial charge in [0.15, 0.2) is 0 Å². The third-order valence-corrected chi connectivity index (χ3v) is 5.67. The van der Waals surface area contributed by atoms with Crippen LogP contribution in [0.25, 0.3) is 22.2 Å². The van der Waals surface area contributed by atoms with Crippen molar-refractivity contribution in [3.05, 3.63) is 82.8 Å². The first-order valence-electron chi connectivity index (χ1n) is 10.1. The predicted molar refractivity (Wildman–Crippen MR) is 117 cm³/mol. The Morgan fingerprint density at radius 1 is 0.967 bits per heavy atom. The van der Waals surface area contributed by atoms with E-state index in [2.05, 4.69) is 18.2 Å². The maximum Gasteiger partial charge on any atom is 0.328 e. The second-order valence-corrected chi connectivity index (χ2v) is 7.87. The Labute approximate surface area is 174 Å². The second kappa shape index (κ2) is 7.23. The molecule has 0 bridgehead atoms. The zero-order valence-electron chi connectivity index (χ0n) is 16.7. The van der Waals surface area contributed by atoms with E-state index in [0.29, 0.717) is 17.2 Å². The number of aromatic nitrogens is 2. The van der Waals surface area contributed by atoms with Gasteiger partial charge in [-0.05, 0) is 78.4 Å². The average molecular weight is 395 g/mol. The van der Waals surface area contributed by atoms with E-state index < -0.39 is 0 Å². The first-order valence-corrected chi connectivity index (χ1v) is 10.1. The van der Waals surface area contributed by atoms with Crippen LogP contribution in [0.3, 0.4) is 0 Å². The highest BCUT2D eigenvalue weighted by Crippen LogP contribution is 2.32. The molecule has 0 radical (unpaired) electrons. The molecule has 5 nitrogen and oxygen atoms in total. The lowest BCUT2D eigenvalue weighted by Crippen LogP contribution is -2.22. The van der Waals surface area contributed by atoms with Gasteiger partial charge in [0.05, 0.1) is 22.7 Å². The summed E-state index contributed by atoms with van der Waals surface area (Å²) < 4.78 is 9.59. The number of fused-ring (bicyclic) bond motifs is 1. The highest BCUT2D eigenvalue weighted by atomic mass is 16.5. The van der Waals surface area contributed by atoms with Gasteiger partial charge >= 0.3 is 5.69 Å². The number of hydrogen-bond donors (Lipinski definition) is 0. The highest BCUT2D eigenvalue weighted by molar-refractivity contribution is 5.83. The van der Waals surface area contributed by atoms with Gasteiger partial charge in [-0.15, -0.1) is 0 Å². The minimum atomic E-state index is 0.0481. The fraction of sp³-hybridized carbons (Fsp3) is 0.200. The lowest BCUT2D eigenvalue weighted by Gasteiger charge is -2.09. The van der Waals surface area contributed by atoms with Crippen molar-refractivity contribution in [1.82, 2.24) is 9.13 Å². The van der Waals surface area contributed by atoms with Gasteiger partial charge in [-0.3, -0.25) is 9.13 Å². The first kappa shape index (κ1) is 18.3. The minimum Gasteiger partial charge on any atom is -0.457 e. The van der Waals surface area contributed by atoms with Crippen LogP contribution in [0.4, 0.5) is 0 Å². The van der Waals surface area contributed by atoms with Gasteiger partial charge in [0, 0.05) is 13.6 Å². The van der Waals surface area contributed by atoms with E-state index in [1.165, 1.54) is 12.8 Å². The summed E-state index contributed by atoms with van der Waals surface area (Å²) in [5.74, 6) is 2.04. The molecule has 1 heterocycles. The van der Waals surface area contributed by atoms with Gasteiger partial charge in [0.25, 0.3) is 0 Å². The van der Waals surface area contributed by atoms with Crippen LogP contribution in [-0.2, 0) is 13.6 Å². The molecule has 1 fully saturated rings. The van der Waals surface area contributed by atoms with Crippen molar-refractivity contribution in [2.24, 2.45) is 13.0 Å². The maximum atomic E-state index is 12.7. The molecule has 0 unspecified atom stereocenters. The van der Waals surface area contributed by atoms with Crippen molar-refractivity contribution < 1.29 is 4.74 Å². The molecule has 1 aliphatic carbocycles. The number of benzene rings is 3. The molecule has 1 aromatic heterocycles. The van der Waals surface area contributed by atoms with Gasteiger partial charge in [-0.2, -0.15) is 5.26 Å². The Hall–Kier alpha value is -3.78. The first-order chi connectivity index (χ1) is 14.6. The van der Waals surface area contributed by atoms with E-state index >= 15 is 0 Å². The molecule has 1 aliphatic rings. The van der Waals surface area contributed by atoms with Crippen molar-refractivity contribution in [3.8, 4) is 28.7 Å². The van der Waals surface area contributed by atoms with E-state index in [4.69, 9.17) is 10.00 Å². The van der Waals surface area contributed by atoms with Crippen molar-refractivity contribution in [3.63, 3.8) is 0 Å². The number of imidazole rings is 1. The number of rotatable bonds is 5. The third kappa shape index (κ3) is 3.37. The van der Waals surface area contributed by atoms with Gasteiger partial charge < -0.3 is 4.74 Å². The molecule has 0 N–H and O–H groups in total. The SMILES string of the molecule is Cn1c(=O)n(CC2CC2)c2ccc(-c3cccc(Oc4ccc(C#N)cc4)c3)cc21. The number of hydrogen-bond acceptors (Lipinski definition) is 3. The number of nitrogens with zero attached hydrogens (tertiary/aromatic N) is 3. The van der Waals surface area contributed by atoms with Gasteiger partial charge in [0.2, 0.25) is 0 Å². The van der Waals surface area contributed by atoms with Gasteiger partial charge in [-0.1, -0.05) is 18.2 Å². The topological polar surface area (TPSA) is 59.9 Å². The molecular formula is C25H21N3O2. The van der Waals surface area contributed by atoms with Crippen molar-refractivity contribution in [2.75, 3.05) is 0 Å². The Bertz CT molecular complexity index is 1340. The summed E-state index contributed by atoms with van der Waals surface area (Å²) in [7, 11) is 1.84. The van der Waals surface area contributed by atoms with Gasteiger partial charge in [0.1, 0.15) is 11.5 Å². The van der Waals surface area contributed by atoms with Crippen molar-refractivity contribution in [2.45, 2.75) is 19.4 Å². The summed E-state index contributed by atoms with van der Waals surface area (Å²) in [6, 6.07) is 23.2. The molecule has 30 heavy (non-hydrogen) atoms. The Kier molecular flexibility index (Phi) is 4.40. The molecule has 0 atom stereocenters. The molecular weight excluding hydrogens is 374 g/mol. The fourth-order valence-corrected chi connectivity index (χ4v) is 3.79. The number of aryl methyl sites for hydroxylation is 1. The molecule has 0 saturated heterocycles. The largest absolute Gasteiger partial charge is 0.457 e.